The second kappa shape index (κ2) is 4.93. The Balaban J connectivity index is 2.16. The van der Waals surface area contributed by atoms with E-state index in [0.717, 1.165) is 4.90 Å². The molecule has 0 radical (unpaired) electrons. The number of benzene rings is 2. The molecule has 0 spiro atoms. The van der Waals surface area contributed by atoms with Crippen LogP contribution in [-0.2, 0) is 5.88 Å². The van der Waals surface area contributed by atoms with Gasteiger partial charge in [-0.05, 0) is 29.8 Å². The SMILES string of the molecule is O=C1c2ccccc2C(=O)N1c1cc(Cl)ccc1CCl. The van der Waals surface area contributed by atoms with E-state index in [-0.39, 0.29) is 17.7 Å². The first kappa shape index (κ1) is 13.2. The van der Waals surface area contributed by atoms with E-state index < -0.39 is 0 Å². The van der Waals surface area contributed by atoms with E-state index in [9.17, 15) is 9.59 Å². The zero-order valence-corrected chi connectivity index (χ0v) is 11.8. The van der Waals surface area contributed by atoms with E-state index in [1.165, 1.54) is 0 Å². The number of imide groups is 1. The number of alkyl halides is 1. The molecule has 1 aliphatic heterocycles. The van der Waals surface area contributed by atoms with Crippen LogP contribution in [0.1, 0.15) is 26.3 Å². The van der Waals surface area contributed by atoms with E-state index in [2.05, 4.69) is 0 Å². The normalized spacial score (nSPS) is 13.8. The van der Waals surface area contributed by atoms with Gasteiger partial charge in [0.05, 0.1) is 16.8 Å². The number of halogens is 2. The highest BCUT2D eigenvalue weighted by atomic mass is 35.5. The Morgan fingerprint density at radius 3 is 2.10 bits per heavy atom. The molecule has 0 aliphatic carbocycles. The third-order valence-corrected chi connectivity index (χ3v) is 3.75. The summed E-state index contributed by atoms with van der Waals surface area (Å²) in [6, 6.07) is 11.7. The Kier molecular flexibility index (Phi) is 3.24. The largest absolute Gasteiger partial charge is 0.268 e. The van der Waals surface area contributed by atoms with Gasteiger partial charge in [-0.1, -0.05) is 29.8 Å². The van der Waals surface area contributed by atoms with Gasteiger partial charge >= 0.3 is 0 Å². The highest BCUT2D eigenvalue weighted by Crippen LogP contribution is 2.33. The molecule has 1 heterocycles. The van der Waals surface area contributed by atoms with Crippen LogP contribution in [-0.4, -0.2) is 11.8 Å². The van der Waals surface area contributed by atoms with Crippen LogP contribution in [0.2, 0.25) is 5.02 Å². The van der Waals surface area contributed by atoms with E-state index in [4.69, 9.17) is 23.2 Å². The lowest BCUT2D eigenvalue weighted by Crippen LogP contribution is -2.30. The van der Waals surface area contributed by atoms with E-state index in [1.54, 1.807) is 42.5 Å². The molecule has 5 heteroatoms. The van der Waals surface area contributed by atoms with Crippen LogP contribution in [0.3, 0.4) is 0 Å². The van der Waals surface area contributed by atoms with Crippen molar-refractivity contribution in [3.63, 3.8) is 0 Å². The Morgan fingerprint density at radius 2 is 1.55 bits per heavy atom. The van der Waals surface area contributed by atoms with Crippen molar-refractivity contribution in [3.05, 3.63) is 64.2 Å². The first-order chi connectivity index (χ1) is 9.63. The number of fused-ring (bicyclic) bond motifs is 1. The number of carbonyl (C=O) groups is 2. The van der Waals surface area contributed by atoms with Gasteiger partial charge in [0, 0.05) is 10.9 Å². The summed E-state index contributed by atoms with van der Waals surface area (Å²) in [6.45, 7) is 0. The topological polar surface area (TPSA) is 37.4 Å². The van der Waals surface area contributed by atoms with Crippen LogP contribution >= 0.6 is 23.2 Å². The molecule has 0 N–H and O–H groups in total. The average Bonchev–Trinajstić information content (AvgIpc) is 2.71. The molecule has 0 unspecified atom stereocenters. The zero-order chi connectivity index (χ0) is 14.3. The molecule has 3 nitrogen and oxygen atoms in total. The summed E-state index contributed by atoms with van der Waals surface area (Å²) in [4.78, 5) is 25.9. The number of nitrogens with zero attached hydrogens (tertiary/aromatic N) is 1. The standard InChI is InChI=1S/C15H9Cl2NO2/c16-8-9-5-6-10(17)7-13(9)18-14(19)11-3-1-2-4-12(11)15(18)20/h1-7H,8H2. The van der Waals surface area contributed by atoms with Crippen molar-refractivity contribution in [2.45, 2.75) is 5.88 Å². The summed E-state index contributed by atoms with van der Waals surface area (Å²) in [5.74, 6) is -0.502. The number of hydrogen-bond acceptors (Lipinski definition) is 2. The van der Waals surface area contributed by atoms with Crippen molar-refractivity contribution in [3.8, 4) is 0 Å². The van der Waals surface area contributed by atoms with Gasteiger partial charge in [-0.2, -0.15) is 0 Å². The second-order valence-corrected chi connectivity index (χ2v) is 5.10. The molecule has 2 aromatic carbocycles. The van der Waals surface area contributed by atoms with Gasteiger partial charge in [0.25, 0.3) is 11.8 Å². The Morgan fingerprint density at radius 1 is 0.950 bits per heavy atom. The maximum absolute atomic E-state index is 12.4. The predicted molar refractivity (Wildman–Crippen MR) is 78.6 cm³/mol. The molecule has 3 rings (SSSR count). The van der Waals surface area contributed by atoms with Crippen LogP contribution in [0.25, 0.3) is 0 Å². The summed E-state index contributed by atoms with van der Waals surface area (Å²) in [7, 11) is 0. The van der Waals surface area contributed by atoms with Gasteiger partial charge in [0.15, 0.2) is 0 Å². The lowest BCUT2D eigenvalue weighted by Gasteiger charge is -2.17. The fraction of sp³-hybridized carbons (Fsp3) is 0.0667. The van der Waals surface area contributed by atoms with E-state index in [1.807, 2.05) is 0 Å². The Hall–Kier alpha value is -1.84. The van der Waals surface area contributed by atoms with Crippen molar-refractivity contribution in [1.82, 2.24) is 0 Å². The number of rotatable bonds is 2. The molecular formula is C15H9Cl2NO2. The molecule has 0 fully saturated rings. The van der Waals surface area contributed by atoms with E-state index in [0.29, 0.717) is 27.4 Å². The minimum atomic E-state index is -0.348. The van der Waals surface area contributed by atoms with Crippen molar-refractivity contribution in [1.29, 1.82) is 0 Å². The van der Waals surface area contributed by atoms with Crippen molar-refractivity contribution >= 4 is 40.7 Å². The summed E-state index contributed by atoms with van der Waals surface area (Å²) in [6.07, 6.45) is 0. The van der Waals surface area contributed by atoms with Crippen LogP contribution in [0.5, 0.6) is 0 Å². The summed E-state index contributed by atoms with van der Waals surface area (Å²) in [5.41, 5.74) is 1.93. The fourth-order valence-corrected chi connectivity index (χ4v) is 2.66. The average molecular weight is 306 g/mol. The molecule has 20 heavy (non-hydrogen) atoms. The first-order valence-electron chi connectivity index (χ1n) is 5.95. The maximum atomic E-state index is 12.4. The minimum absolute atomic E-state index is 0.194. The van der Waals surface area contributed by atoms with Gasteiger partial charge < -0.3 is 0 Å². The van der Waals surface area contributed by atoms with E-state index >= 15 is 0 Å². The summed E-state index contributed by atoms with van der Waals surface area (Å²) >= 11 is 11.8. The molecule has 2 aromatic rings. The number of hydrogen-bond donors (Lipinski definition) is 0. The molecule has 0 atom stereocenters. The lowest BCUT2D eigenvalue weighted by atomic mass is 10.1. The monoisotopic (exact) mass is 305 g/mol. The second-order valence-electron chi connectivity index (χ2n) is 4.40. The van der Waals surface area contributed by atoms with Crippen LogP contribution < -0.4 is 4.90 Å². The number of carbonyl (C=O) groups excluding carboxylic acids is 2. The highest BCUT2D eigenvalue weighted by Gasteiger charge is 2.37. The van der Waals surface area contributed by atoms with Gasteiger partial charge in [0.1, 0.15) is 0 Å². The quantitative estimate of drug-likeness (QED) is 0.624. The van der Waals surface area contributed by atoms with Crippen LogP contribution in [0.15, 0.2) is 42.5 Å². The summed E-state index contributed by atoms with van der Waals surface area (Å²) in [5, 5.41) is 0.449. The van der Waals surface area contributed by atoms with Gasteiger partial charge in [0.2, 0.25) is 0 Å². The van der Waals surface area contributed by atoms with Crippen molar-refractivity contribution in [2.24, 2.45) is 0 Å². The number of amides is 2. The highest BCUT2D eigenvalue weighted by molar-refractivity contribution is 6.36. The fourth-order valence-electron chi connectivity index (χ4n) is 2.27. The predicted octanol–water partition coefficient (Wildman–Crippen LogP) is 3.88. The van der Waals surface area contributed by atoms with Crippen LogP contribution in [0.4, 0.5) is 5.69 Å². The molecule has 1 aliphatic rings. The minimum Gasteiger partial charge on any atom is -0.268 e. The maximum Gasteiger partial charge on any atom is 0.266 e. The Labute approximate surface area is 125 Å². The zero-order valence-electron chi connectivity index (χ0n) is 10.3. The Bertz CT molecular complexity index is 693. The lowest BCUT2D eigenvalue weighted by molar-refractivity contribution is 0.0926. The molecule has 0 saturated heterocycles. The smallest absolute Gasteiger partial charge is 0.266 e. The molecule has 2 amide bonds. The van der Waals surface area contributed by atoms with Crippen molar-refractivity contribution < 1.29 is 9.59 Å². The van der Waals surface area contributed by atoms with Gasteiger partial charge in [-0.25, -0.2) is 4.90 Å². The molecular weight excluding hydrogens is 297 g/mol. The van der Waals surface area contributed by atoms with Crippen LogP contribution in [0, 0.1) is 0 Å². The van der Waals surface area contributed by atoms with Gasteiger partial charge in [-0.3, -0.25) is 9.59 Å². The molecule has 0 bridgehead atoms. The molecule has 0 saturated carbocycles. The van der Waals surface area contributed by atoms with Gasteiger partial charge in [-0.15, -0.1) is 11.6 Å². The third kappa shape index (κ3) is 1.90. The first-order valence-corrected chi connectivity index (χ1v) is 6.87. The molecule has 100 valence electrons. The molecule has 0 aromatic heterocycles. The summed E-state index contributed by atoms with van der Waals surface area (Å²) < 4.78 is 0. The number of anilines is 1. The van der Waals surface area contributed by atoms with Crippen molar-refractivity contribution in [2.75, 3.05) is 4.90 Å². The third-order valence-electron chi connectivity index (χ3n) is 3.23.